The molecule has 1 aromatic heterocycles. The Bertz CT molecular complexity index is 421. The molecule has 0 bridgehead atoms. The van der Waals surface area contributed by atoms with E-state index < -0.39 is 0 Å². The van der Waals surface area contributed by atoms with Gasteiger partial charge in [0.1, 0.15) is 5.82 Å². The number of hydrogen-bond donors (Lipinski definition) is 1. The lowest BCUT2D eigenvalue weighted by molar-refractivity contribution is -0.119. The number of carbonyl (C=O) groups excluding carboxylic acids is 1. The van der Waals surface area contributed by atoms with Crippen LogP contribution in [0.5, 0.6) is 0 Å². The van der Waals surface area contributed by atoms with E-state index in [1.807, 2.05) is 12.3 Å². The van der Waals surface area contributed by atoms with Crippen LogP contribution in [-0.4, -0.2) is 39.9 Å². The Morgan fingerprint density at radius 2 is 2.44 bits per heavy atom. The van der Waals surface area contributed by atoms with Gasteiger partial charge in [-0.1, -0.05) is 6.92 Å². The number of carbonyl (C=O) groups is 1. The molecule has 0 saturated carbocycles. The molecule has 1 aromatic rings. The van der Waals surface area contributed by atoms with Crippen LogP contribution in [0.3, 0.4) is 0 Å². The molecule has 1 amide bonds. The Morgan fingerprint density at radius 1 is 1.61 bits per heavy atom. The molecule has 5 nitrogen and oxygen atoms in total. The van der Waals surface area contributed by atoms with Crippen molar-refractivity contribution in [2.45, 2.75) is 39.3 Å². The van der Waals surface area contributed by atoms with Crippen LogP contribution < -0.4 is 5.32 Å². The second-order valence-electron chi connectivity index (χ2n) is 4.74. The Balaban J connectivity index is 1.88. The molecule has 1 aliphatic rings. The molecule has 2 heterocycles. The first kappa shape index (κ1) is 13.0. The standard InChI is InChI=1S/C13H20N4O/c1-3-13-14-6-4-11(16-13)8-17-7-5-12(9-17)15-10(2)18/h4,6,12H,3,5,7-9H2,1-2H3,(H,15,18)/t12-/m1/s1. The zero-order valence-corrected chi connectivity index (χ0v) is 11.0. The number of nitrogens with zero attached hydrogens (tertiary/aromatic N) is 3. The molecule has 1 N–H and O–H groups in total. The summed E-state index contributed by atoms with van der Waals surface area (Å²) in [6.45, 7) is 6.38. The van der Waals surface area contributed by atoms with Crippen LogP contribution in [-0.2, 0) is 17.8 Å². The number of rotatable bonds is 4. The van der Waals surface area contributed by atoms with Gasteiger partial charge in [-0.3, -0.25) is 9.69 Å². The second-order valence-corrected chi connectivity index (χ2v) is 4.74. The van der Waals surface area contributed by atoms with Crippen LogP contribution in [0.4, 0.5) is 0 Å². The minimum absolute atomic E-state index is 0.0529. The van der Waals surface area contributed by atoms with Gasteiger partial charge in [-0.15, -0.1) is 0 Å². The lowest BCUT2D eigenvalue weighted by Gasteiger charge is -2.16. The fourth-order valence-corrected chi connectivity index (χ4v) is 2.31. The Labute approximate surface area is 108 Å². The molecule has 98 valence electrons. The van der Waals surface area contributed by atoms with Crippen molar-refractivity contribution in [3.05, 3.63) is 23.8 Å². The minimum Gasteiger partial charge on any atom is -0.352 e. The van der Waals surface area contributed by atoms with Gasteiger partial charge in [0.05, 0.1) is 5.69 Å². The molecule has 1 fully saturated rings. The van der Waals surface area contributed by atoms with Crippen molar-refractivity contribution in [3.63, 3.8) is 0 Å². The summed E-state index contributed by atoms with van der Waals surface area (Å²) in [5, 5.41) is 2.97. The van der Waals surface area contributed by atoms with Crippen LogP contribution in [0, 0.1) is 0 Å². The summed E-state index contributed by atoms with van der Waals surface area (Å²) in [7, 11) is 0. The van der Waals surface area contributed by atoms with Crippen LogP contribution in [0.1, 0.15) is 31.8 Å². The van der Waals surface area contributed by atoms with Gasteiger partial charge in [0.15, 0.2) is 0 Å². The van der Waals surface area contributed by atoms with Gasteiger partial charge in [-0.05, 0) is 12.5 Å². The maximum atomic E-state index is 11.0. The fraction of sp³-hybridized carbons (Fsp3) is 0.615. The number of likely N-dealkylation sites (tertiary alicyclic amines) is 1. The van der Waals surface area contributed by atoms with E-state index in [1.54, 1.807) is 6.92 Å². The van der Waals surface area contributed by atoms with Crippen LogP contribution in [0.15, 0.2) is 12.3 Å². The number of nitrogens with one attached hydrogen (secondary N) is 1. The highest BCUT2D eigenvalue weighted by molar-refractivity contribution is 5.73. The summed E-state index contributed by atoms with van der Waals surface area (Å²) < 4.78 is 0. The van der Waals surface area contributed by atoms with Gasteiger partial charge in [0.2, 0.25) is 5.91 Å². The third-order valence-electron chi connectivity index (χ3n) is 3.14. The van der Waals surface area contributed by atoms with Crippen molar-refractivity contribution in [3.8, 4) is 0 Å². The minimum atomic E-state index is 0.0529. The summed E-state index contributed by atoms with van der Waals surface area (Å²) in [6.07, 6.45) is 3.70. The topological polar surface area (TPSA) is 58.1 Å². The van der Waals surface area contributed by atoms with E-state index in [0.29, 0.717) is 0 Å². The molecule has 5 heteroatoms. The van der Waals surface area contributed by atoms with Gasteiger partial charge in [0.25, 0.3) is 0 Å². The van der Waals surface area contributed by atoms with Gasteiger partial charge in [-0.25, -0.2) is 9.97 Å². The number of amides is 1. The highest BCUT2D eigenvalue weighted by Gasteiger charge is 2.23. The van der Waals surface area contributed by atoms with Gasteiger partial charge in [0, 0.05) is 45.2 Å². The number of aryl methyl sites for hydroxylation is 1. The quantitative estimate of drug-likeness (QED) is 0.854. The maximum Gasteiger partial charge on any atom is 0.217 e. The van der Waals surface area contributed by atoms with Crippen molar-refractivity contribution in [2.75, 3.05) is 13.1 Å². The lowest BCUT2D eigenvalue weighted by Crippen LogP contribution is -2.35. The van der Waals surface area contributed by atoms with Gasteiger partial charge >= 0.3 is 0 Å². The third-order valence-corrected chi connectivity index (χ3v) is 3.14. The molecule has 0 radical (unpaired) electrons. The van der Waals surface area contributed by atoms with Crippen LogP contribution in [0.2, 0.25) is 0 Å². The zero-order valence-electron chi connectivity index (χ0n) is 11.0. The predicted octanol–water partition coefficient (Wildman–Crippen LogP) is 0.749. The van der Waals surface area contributed by atoms with E-state index in [4.69, 9.17) is 0 Å². The highest BCUT2D eigenvalue weighted by atomic mass is 16.1. The van der Waals surface area contributed by atoms with Gasteiger partial charge in [-0.2, -0.15) is 0 Å². The second kappa shape index (κ2) is 5.91. The molecule has 2 rings (SSSR count). The molecular weight excluding hydrogens is 228 g/mol. The van der Waals surface area contributed by atoms with E-state index >= 15 is 0 Å². The van der Waals surface area contributed by atoms with Crippen LogP contribution in [0.25, 0.3) is 0 Å². The molecule has 1 aliphatic heterocycles. The first-order valence-electron chi connectivity index (χ1n) is 6.47. The predicted molar refractivity (Wildman–Crippen MR) is 68.9 cm³/mol. The maximum absolute atomic E-state index is 11.0. The van der Waals surface area contributed by atoms with E-state index in [-0.39, 0.29) is 11.9 Å². The molecule has 0 aliphatic carbocycles. The summed E-state index contributed by atoms with van der Waals surface area (Å²) in [5.41, 5.74) is 1.06. The van der Waals surface area contributed by atoms with Crippen LogP contribution >= 0.6 is 0 Å². The first-order chi connectivity index (χ1) is 8.67. The van der Waals surface area contributed by atoms with E-state index in [9.17, 15) is 4.79 Å². The largest absolute Gasteiger partial charge is 0.352 e. The summed E-state index contributed by atoms with van der Waals surface area (Å²) in [4.78, 5) is 22.0. The van der Waals surface area contributed by atoms with E-state index in [2.05, 4.69) is 27.1 Å². The Morgan fingerprint density at radius 3 is 3.17 bits per heavy atom. The highest BCUT2D eigenvalue weighted by Crippen LogP contribution is 2.12. The normalized spacial score (nSPS) is 20.0. The van der Waals surface area contributed by atoms with Crippen molar-refractivity contribution in [1.29, 1.82) is 0 Å². The molecule has 1 atom stereocenters. The summed E-state index contributed by atoms with van der Waals surface area (Å²) in [5.74, 6) is 0.947. The van der Waals surface area contributed by atoms with Crippen molar-refractivity contribution in [2.24, 2.45) is 0 Å². The molecule has 0 aromatic carbocycles. The van der Waals surface area contributed by atoms with Crippen molar-refractivity contribution < 1.29 is 4.79 Å². The molecule has 0 unspecified atom stereocenters. The smallest absolute Gasteiger partial charge is 0.217 e. The average Bonchev–Trinajstić information content (AvgIpc) is 2.76. The zero-order chi connectivity index (χ0) is 13.0. The van der Waals surface area contributed by atoms with Crippen molar-refractivity contribution >= 4 is 5.91 Å². The Kier molecular flexibility index (Phi) is 4.25. The average molecular weight is 248 g/mol. The third kappa shape index (κ3) is 3.50. The molecule has 18 heavy (non-hydrogen) atoms. The van der Waals surface area contributed by atoms with E-state index in [0.717, 1.165) is 44.0 Å². The lowest BCUT2D eigenvalue weighted by atomic mass is 10.2. The molecule has 1 saturated heterocycles. The molecular formula is C13H20N4O. The van der Waals surface area contributed by atoms with Crippen molar-refractivity contribution in [1.82, 2.24) is 20.2 Å². The molecule has 0 spiro atoms. The van der Waals surface area contributed by atoms with E-state index in [1.165, 1.54) is 0 Å². The summed E-state index contributed by atoms with van der Waals surface area (Å²) in [6, 6.07) is 2.25. The van der Waals surface area contributed by atoms with Gasteiger partial charge < -0.3 is 5.32 Å². The fourth-order valence-electron chi connectivity index (χ4n) is 2.31. The monoisotopic (exact) mass is 248 g/mol. The Hall–Kier alpha value is -1.49. The summed E-state index contributed by atoms with van der Waals surface area (Å²) >= 11 is 0. The SMILES string of the molecule is CCc1nccc(CN2CC[C@@H](NC(C)=O)C2)n1. The number of aromatic nitrogens is 2. The first-order valence-corrected chi connectivity index (χ1v) is 6.47. The number of hydrogen-bond acceptors (Lipinski definition) is 4.